The van der Waals surface area contributed by atoms with Gasteiger partial charge >= 0.3 is 0 Å². The standard InChI is InChI=1S/C20H38O2/c1-9-11-13-15-17(19(3,4)5)21-22-18(20(6,7)8)16-14-12-10-2/h9-10,17-18H,1-2,11-16H2,3-8H3. The van der Waals surface area contributed by atoms with Crippen LogP contribution in [0.4, 0.5) is 0 Å². The third-order valence-electron chi connectivity index (χ3n) is 3.97. The second-order valence-corrected chi connectivity index (χ2v) is 8.34. The van der Waals surface area contributed by atoms with Gasteiger partial charge in [0.05, 0.1) is 12.2 Å². The van der Waals surface area contributed by atoms with E-state index in [1.54, 1.807) is 0 Å². The van der Waals surface area contributed by atoms with Crippen LogP contribution in [0.1, 0.15) is 80.1 Å². The van der Waals surface area contributed by atoms with Crippen molar-refractivity contribution in [2.75, 3.05) is 0 Å². The molecule has 2 atom stereocenters. The molecular weight excluding hydrogens is 272 g/mol. The van der Waals surface area contributed by atoms with Gasteiger partial charge in [-0.2, -0.15) is 0 Å². The van der Waals surface area contributed by atoms with E-state index in [-0.39, 0.29) is 23.0 Å². The van der Waals surface area contributed by atoms with Gasteiger partial charge in [-0.05, 0) is 49.4 Å². The van der Waals surface area contributed by atoms with Gasteiger partial charge in [0.1, 0.15) is 0 Å². The van der Waals surface area contributed by atoms with E-state index in [2.05, 4.69) is 54.7 Å². The molecule has 0 heterocycles. The van der Waals surface area contributed by atoms with Gasteiger partial charge in [0.25, 0.3) is 0 Å². The van der Waals surface area contributed by atoms with Crippen molar-refractivity contribution < 1.29 is 9.78 Å². The molecule has 0 fully saturated rings. The molecule has 2 nitrogen and oxygen atoms in total. The zero-order valence-corrected chi connectivity index (χ0v) is 15.8. The van der Waals surface area contributed by atoms with Gasteiger partial charge in [0.2, 0.25) is 0 Å². The number of rotatable bonds is 11. The Hall–Kier alpha value is -0.600. The summed E-state index contributed by atoms with van der Waals surface area (Å²) >= 11 is 0. The number of hydrogen-bond acceptors (Lipinski definition) is 2. The van der Waals surface area contributed by atoms with Crippen LogP contribution in [0.25, 0.3) is 0 Å². The molecule has 0 rings (SSSR count). The monoisotopic (exact) mass is 310 g/mol. The molecule has 130 valence electrons. The molecule has 0 saturated carbocycles. The van der Waals surface area contributed by atoms with E-state index in [4.69, 9.17) is 9.78 Å². The van der Waals surface area contributed by atoms with Crippen LogP contribution < -0.4 is 0 Å². The van der Waals surface area contributed by atoms with E-state index in [0.29, 0.717) is 0 Å². The quantitative estimate of drug-likeness (QED) is 0.188. The van der Waals surface area contributed by atoms with E-state index in [1.807, 2.05) is 12.2 Å². The lowest BCUT2D eigenvalue weighted by molar-refractivity contribution is -0.380. The second kappa shape index (κ2) is 10.2. The normalized spacial score (nSPS) is 15.4. The predicted octanol–water partition coefficient (Wildman–Crippen LogP) is 6.48. The molecule has 0 aromatic heterocycles. The molecular formula is C20H38O2. The molecule has 0 spiro atoms. The van der Waals surface area contributed by atoms with Gasteiger partial charge in [0, 0.05) is 0 Å². The van der Waals surface area contributed by atoms with Crippen LogP contribution in [-0.4, -0.2) is 12.2 Å². The van der Waals surface area contributed by atoms with Crippen molar-refractivity contribution in [2.24, 2.45) is 10.8 Å². The van der Waals surface area contributed by atoms with Crippen molar-refractivity contribution in [1.82, 2.24) is 0 Å². The summed E-state index contributed by atoms with van der Waals surface area (Å²) in [4.78, 5) is 11.8. The SMILES string of the molecule is C=CCCCC(OOC(CCCC=C)C(C)(C)C)C(C)(C)C. The van der Waals surface area contributed by atoms with Crippen LogP contribution in [-0.2, 0) is 9.78 Å². The molecule has 0 aliphatic carbocycles. The summed E-state index contributed by atoms with van der Waals surface area (Å²) in [5, 5.41) is 0. The average Bonchev–Trinajstić information content (AvgIpc) is 2.37. The first kappa shape index (κ1) is 21.4. The van der Waals surface area contributed by atoms with Gasteiger partial charge in [-0.3, -0.25) is 0 Å². The molecule has 0 radical (unpaired) electrons. The molecule has 0 saturated heterocycles. The van der Waals surface area contributed by atoms with Crippen LogP contribution in [0.2, 0.25) is 0 Å². The summed E-state index contributed by atoms with van der Waals surface area (Å²) < 4.78 is 0. The highest BCUT2D eigenvalue weighted by atomic mass is 17.2. The van der Waals surface area contributed by atoms with Gasteiger partial charge in [-0.1, -0.05) is 53.7 Å². The summed E-state index contributed by atoms with van der Waals surface area (Å²) in [5.41, 5.74) is 0.148. The summed E-state index contributed by atoms with van der Waals surface area (Å²) in [6.07, 6.45) is 10.4. The Kier molecular flexibility index (Phi) is 9.95. The Bertz CT molecular complexity index is 275. The lowest BCUT2D eigenvalue weighted by Gasteiger charge is -2.34. The molecule has 2 unspecified atom stereocenters. The lowest BCUT2D eigenvalue weighted by atomic mass is 9.85. The van der Waals surface area contributed by atoms with Gasteiger partial charge in [-0.15, -0.1) is 13.2 Å². The second-order valence-electron chi connectivity index (χ2n) is 8.34. The van der Waals surface area contributed by atoms with E-state index in [0.717, 1.165) is 38.5 Å². The Morgan fingerprint density at radius 3 is 1.27 bits per heavy atom. The molecule has 2 heteroatoms. The van der Waals surface area contributed by atoms with Crippen LogP contribution in [0.3, 0.4) is 0 Å². The van der Waals surface area contributed by atoms with E-state index < -0.39 is 0 Å². The molecule has 0 aliphatic rings. The lowest BCUT2D eigenvalue weighted by Crippen LogP contribution is -2.35. The highest BCUT2D eigenvalue weighted by Crippen LogP contribution is 2.31. The number of allylic oxidation sites excluding steroid dienone is 2. The first-order valence-electron chi connectivity index (χ1n) is 8.66. The highest BCUT2D eigenvalue weighted by molar-refractivity contribution is 4.78. The summed E-state index contributed by atoms with van der Waals surface area (Å²) in [6.45, 7) is 20.8. The number of unbranched alkanes of at least 4 members (excludes halogenated alkanes) is 2. The predicted molar refractivity (Wildman–Crippen MR) is 96.8 cm³/mol. The van der Waals surface area contributed by atoms with Crippen LogP contribution >= 0.6 is 0 Å². The van der Waals surface area contributed by atoms with Gasteiger partial charge < -0.3 is 0 Å². The maximum atomic E-state index is 5.91. The first-order chi connectivity index (χ1) is 10.1. The molecule has 22 heavy (non-hydrogen) atoms. The molecule has 0 aromatic carbocycles. The summed E-state index contributed by atoms with van der Waals surface area (Å²) in [6, 6.07) is 0. The molecule has 0 aliphatic heterocycles. The minimum Gasteiger partial charge on any atom is -0.233 e. The van der Waals surface area contributed by atoms with Crippen LogP contribution in [0, 0.1) is 10.8 Å². The van der Waals surface area contributed by atoms with E-state index in [1.165, 1.54) is 0 Å². The minimum atomic E-state index is 0.0741. The highest BCUT2D eigenvalue weighted by Gasteiger charge is 2.31. The van der Waals surface area contributed by atoms with Crippen molar-refractivity contribution in [3.63, 3.8) is 0 Å². The fraction of sp³-hybridized carbons (Fsp3) is 0.800. The Morgan fingerprint density at radius 2 is 1.05 bits per heavy atom. The van der Waals surface area contributed by atoms with E-state index >= 15 is 0 Å². The maximum Gasteiger partial charge on any atom is 0.0978 e. The maximum absolute atomic E-state index is 5.91. The summed E-state index contributed by atoms with van der Waals surface area (Å²) in [5.74, 6) is 0. The summed E-state index contributed by atoms with van der Waals surface area (Å²) in [7, 11) is 0. The average molecular weight is 311 g/mol. The fourth-order valence-corrected chi connectivity index (χ4v) is 2.28. The molecule has 0 amide bonds. The third-order valence-corrected chi connectivity index (χ3v) is 3.97. The Morgan fingerprint density at radius 1 is 0.727 bits per heavy atom. The number of hydrogen-bond donors (Lipinski definition) is 0. The van der Waals surface area contributed by atoms with Crippen molar-refractivity contribution >= 4 is 0 Å². The zero-order chi connectivity index (χ0) is 17.2. The third kappa shape index (κ3) is 9.42. The van der Waals surface area contributed by atoms with Crippen molar-refractivity contribution in [3.8, 4) is 0 Å². The van der Waals surface area contributed by atoms with Crippen molar-refractivity contribution in [3.05, 3.63) is 25.3 Å². The molecule has 0 N–H and O–H groups in total. The fourth-order valence-electron chi connectivity index (χ4n) is 2.28. The van der Waals surface area contributed by atoms with Crippen LogP contribution in [0.5, 0.6) is 0 Å². The smallest absolute Gasteiger partial charge is 0.0978 e. The Labute approximate surface area is 138 Å². The Balaban J connectivity index is 4.59. The van der Waals surface area contributed by atoms with Crippen molar-refractivity contribution in [2.45, 2.75) is 92.3 Å². The first-order valence-corrected chi connectivity index (χ1v) is 8.66. The van der Waals surface area contributed by atoms with Gasteiger partial charge in [0.15, 0.2) is 0 Å². The topological polar surface area (TPSA) is 18.5 Å². The molecule has 0 bridgehead atoms. The molecule has 0 aromatic rings. The van der Waals surface area contributed by atoms with Crippen molar-refractivity contribution in [1.29, 1.82) is 0 Å². The zero-order valence-electron chi connectivity index (χ0n) is 15.8. The van der Waals surface area contributed by atoms with E-state index in [9.17, 15) is 0 Å². The van der Waals surface area contributed by atoms with Gasteiger partial charge in [-0.25, -0.2) is 9.78 Å². The van der Waals surface area contributed by atoms with Crippen LogP contribution in [0.15, 0.2) is 25.3 Å². The minimum absolute atomic E-state index is 0.0741. The largest absolute Gasteiger partial charge is 0.233 e.